The van der Waals surface area contributed by atoms with E-state index in [9.17, 15) is 14.4 Å². The number of ether oxygens (including phenoxy) is 4. The molecule has 0 radical (unpaired) electrons. The van der Waals surface area contributed by atoms with Gasteiger partial charge in [0.15, 0.2) is 24.2 Å². The van der Waals surface area contributed by atoms with Crippen LogP contribution in [0.1, 0.15) is 31.9 Å². The second-order valence-electron chi connectivity index (χ2n) is 9.18. The monoisotopic (exact) mass is 707 g/mol. The third kappa shape index (κ3) is 10.7. The lowest BCUT2D eigenvalue weighted by molar-refractivity contribution is -0.145. The molecular formula is C31H32BrCl2N3O7. The molecule has 0 saturated heterocycles. The minimum absolute atomic E-state index is 0.203. The van der Waals surface area contributed by atoms with E-state index in [1.807, 2.05) is 30.3 Å². The molecule has 0 unspecified atom stereocenters. The molecule has 0 aromatic heterocycles. The number of hydrazone groups is 1. The van der Waals surface area contributed by atoms with Crippen molar-refractivity contribution in [3.05, 3.63) is 86.3 Å². The van der Waals surface area contributed by atoms with Crippen molar-refractivity contribution in [2.24, 2.45) is 5.10 Å². The van der Waals surface area contributed by atoms with Crippen molar-refractivity contribution in [3.8, 4) is 17.2 Å². The summed E-state index contributed by atoms with van der Waals surface area (Å²) < 4.78 is 22.4. The number of halogens is 3. The Bertz CT molecular complexity index is 1470. The Morgan fingerprint density at radius 2 is 1.70 bits per heavy atom. The molecule has 0 aliphatic heterocycles. The van der Waals surface area contributed by atoms with E-state index in [0.29, 0.717) is 33.2 Å². The smallest absolute Gasteiger partial charge is 0.344 e. The first-order valence-electron chi connectivity index (χ1n) is 13.6. The Hall–Kier alpha value is -3.80. The fourth-order valence-corrected chi connectivity index (χ4v) is 4.84. The predicted molar refractivity (Wildman–Crippen MR) is 172 cm³/mol. The third-order valence-electron chi connectivity index (χ3n) is 5.84. The number of nitrogens with one attached hydrogen (secondary N) is 2. The SMILES string of the molecule is CCOC(=O)COc1c(Br)cc(/C=N\NC(=O)[C@H](Cc2ccccc2)NC(=O)[C@H](C)Oc2ccc(Cl)cc2Cl)cc1OCC. The molecule has 0 bridgehead atoms. The summed E-state index contributed by atoms with van der Waals surface area (Å²) in [6.07, 6.45) is 0.646. The Labute approximate surface area is 274 Å². The lowest BCUT2D eigenvalue weighted by atomic mass is 10.1. The van der Waals surface area contributed by atoms with Crippen molar-refractivity contribution >= 4 is 63.1 Å². The van der Waals surface area contributed by atoms with Crippen LogP contribution in [0.3, 0.4) is 0 Å². The number of benzene rings is 3. The van der Waals surface area contributed by atoms with Crippen LogP contribution in [0.25, 0.3) is 0 Å². The molecule has 0 saturated carbocycles. The summed E-state index contributed by atoms with van der Waals surface area (Å²) in [5.74, 6) is -0.622. The normalized spacial score (nSPS) is 12.2. The molecule has 234 valence electrons. The van der Waals surface area contributed by atoms with Gasteiger partial charge in [-0.2, -0.15) is 5.10 Å². The predicted octanol–water partition coefficient (Wildman–Crippen LogP) is 5.74. The summed E-state index contributed by atoms with van der Waals surface area (Å²) in [5, 5.41) is 7.51. The molecule has 0 spiro atoms. The number of hydrogen-bond donors (Lipinski definition) is 2. The average Bonchev–Trinajstić information content (AvgIpc) is 2.98. The molecule has 0 aliphatic rings. The van der Waals surface area contributed by atoms with Gasteiger partial charge in [0.25, 0.3) is 11.8 Å². The number of nitrogens with zero attached hydrogens (tertiary/aromatic N) is 1. The molecule has 0 fully saturated rings. The van der Waals surface area contributed by atoms with E-state index in [1.165, 1.54) is 12.3 Å². The van der Waals surface area contributed by atoms with Gasteiger partial charge in [-0.1, -0.05) is 53.5 Å². The van der Waals surface area contributed by atoms with Crippen LogP contribution in [-0.4, -0.2) is 56.0 Å². The second kappa shape index (κ2) is 17.5. The number of esters is 1. The zero-order valence-electron chi connectivity index (χ0n) is 24.3. The maximum absolute atomic E-state index is 13.2. The summed E-state index contributed by atoms with van der Waals surface area (Å²) in [6.45, 7) is 5.35. The largest absolute Gasteiger partial charge is 0.490 e. The van der Waals surface area contributed by atoms with Gasteiger partial charge in [-0.3, -0.25) is 9.59 Å². The lowest BCUT2D eigenvalue weighted by Gasteiger charge is -2.21. The van der Waals surface area contributed by atoms with Crippen molar-refractivity contribution in [1.82, 2.24) is 10.7 Å². The Morgan fingerprint density at radius 3 is 2.39 bits per heavy atom. The number of carbonyl (C=O) groups excluding carboxylic acids is 3. The highest BCUT2D eigenvalue weighted by Gasteiger charge is 2.25. The first-order chi connectivity index (χ1) is 21.1. The van der Waals surface area contributed by atoms with Crippen molar-refractivity contribution in [3.63, 3.8) is 0 Å². The molecule has 0 aliphatic carbocycles. The van der Waals surface area contributed by atoms with Crippen LogP contribution in [0.4, 0.5) is 0 Å². The highest BCUT2D eigenvalue weighted by Crippen LogP contribution is 2.36. The molecule has 10 nitrogen and oxygen atoms in total. The van der Waals surface area contributed by atoms with Crippen molar-refractivity contribution < 1.29 is 33.3 Å². The molecule has 13 heteroatoms. The topological polar surface area (TPSA) is 125 Å². The summed E-state index contributed by atoms with van der Waals surface area (Å²) in [6, 6.07) is 16.3. The summed E-state index contributed by atoms with van der Waals surface area (Å²) in [5.41, 5.74) is 3.88. The van der Waals surface area contributed by atoms with E-state index in [-0.39, 0.29) is 30.4 Å². The highest BCUT2D eigenvalue weighted by molar-refractivity contribution is 9.10. The maximum Gasteiger partial charge on any atom is 0.344 e. The third-order valence-corrected chi connectivity index (χ3v) is 6.96. The fourth-order valence-electron chi connectivity index (χ4n) is 3.81. The van der Waals surface area contributed by atoms with Gasteiger partial charge in [0.05, 0.1) is 28.9 Å². The van der Waals surface area contributed by atoms with Gasteiger partial charge in [-0.15, -0.1) is 0 Å². The summed E-state index contributed by atoms with van der Waals surface area (Å²) in [7, 11) is 0. The van der Waals surface area contributed by atoms with Crippen LogP contribution < -0.4 is 25.0 Å². The minimum Gasteiger partial charge on any atom is -0.490 e. The Morgan fingerprint density at radius 1 is 0.955 bits per heavy atom. The lowest BCUT2D eigenvalue weighted by Crippen LogP contribution is -2.50. The Balaban J connectivity index is 1.72. The zero-order chi connectivity index (χ0) is 32.1. The molecule has 2 atom stereocenters. The fraction of sp³-hybridized carbons (Fsp3) is 0.290. The molecular weight excluding hydrogens is 677 g/mol. The minimum atomic E-state index is -0.974. The molecule has 2 N–H and O–H groups in total. The second-order valence-corrected chi connectivity index (χ2v) is 10.9. The van der Waals surface area contributed by atoms with Gasteiger partial charge in [0.2, 0.25) is 0 Å². The number of hydrogen-bond acceptors (Lipinski definition) is 8. The molecule has 2 amide bonds. The Kier molecular flexibility index (Phi) is 13.8. The van der Waals surface area contributed by atoms with Gasteiger partial charge in [-0.25, -0.2) is 10.2 Å². The highest BCUT2D eigenvalue weighted by atomic mass is 79.9. The van der Waals surface area contributed by atoms with E-state index in [4.69, 9.17) is 42.1 Å². The summed E-state index contributed by atoms with van der Waals surface area (Å²) >= 11 is 15.5. The van der Waals surface area contributed by atoms with Crippen LogP contribution in [0.5, 0.6) is 17.2 Å². The van der Waals surface area contributed by atoms with Gasteiger partial charge in [-0.05, 0) is 78.2 Å². The van der Waals surface area contributed by atoms with Gasteiger partial charge in [0, 0.05) is 11.4 Å². The van der Waals surface area contributed by atoms with Crippen LogP contribution in [0, 0.1) is 0 Å². The molecule has 3 aromatic carbocycles. The standard InChI is InChI=1S/C31H32BrCl2N3O7/c1-4-41-27-15-21(13-23(32)29(27)43-18-28(38)42-5-2)17-35-37-31(40)25(14-20-9-7-6-8-10-20)36-30(39)19(3)44-26-12-11-22(33)16-24(26)34/h6-13,15-17,19,25H,4-5,14,18H2,1-3H3,(H,36,39)(H,37,40)/b35-17-/t19-,25-/m0/s1. The number of amides is 2. The molecule has 3 rings (SSSR count). The van der Waals surface area contributed by atoms with Crippen molar-refractivity contribution in [2.75, 3.05) is 19.8 Å². The number of carbonyl (C=O) groups is 3. The summed E-state index contributed by atoms with van der Waals surface area (Å²) in [4.78, 5) is 38.0. The molecule has 0 heterocycles. The van der Waals surface area contributed by atoms with Crippen molar-refractivity contribution in [2.45, 2.75) is 39.3 Å². The van der Waals surface area contributed by atoms with Crippen LogP contribution in [-0.2, 0) is 25.5 Å². The zero-order valence-corrected chi connectivity index (χ0v) is 27.4. The van der Waals surface area contributed by atoms with E-state index in [1.54, 1.807) is 45.0 Å². The van der Waals surface area contributed by atoms with E-state index < -0.39 is 29.9 Å². The van der Waals surface area contributed by atoms with Crippen LogP contribution in [0.15, 0.2) is 70.2 Å². The van der Waals surface area contributed by atoms with Crippen LogP contribution >= 0.6 is 39.1 Å². The first-order valence-corrected chi connectivity index (χ1v) is 15.2. The molecule has 44 heavy (non-hydrogen) atoms. The van der Waals surface area contributed by atoms with E-state index in [2.05, 4.69) is 31.8 Å². The maximum atomic E-state index is 13.2. The van der Waals surface area contributed by atoms with Gasteiger partial charge in [0.1, 0.15) is 11.8 Å². The van der Waals surface area contributed by atoms with Crippen LogP contribution in [0.2, 0.25) is 10.0 Å². The average molecular weight is 709 g/mol. The van der Waals surface area contributed by atoms with Crippen molar-refractivity contribution in [1.29, 1.82) is 0 Å². The van der Waals surface area contributed by atoms with E-state index in [0.717, 1.165) is 5.56 Å². The quantitative estimate of drug-likeness (QED) is 0.117. The van der Waals surface area contributed by atoms with Gasteiger partial charge < -0.3 is 24.3 Å². The van der Waals surface area contributed by atoms with Gasteiger partial charge >= 0.3 is 5.97 Å². The first kappa shape index (κ1) is 34.7. The molecule has 3 aromatic rings. The number of rotatable bonds is 15. The van der Waals surface area contributed by atoms with E-state index >= 15 is 0 Å².